The summed E-state index contributed by atoms with van der Waals surface area (Å²) in [5, 5.41) is 38.5. The molecule has 0 amide bonds. The lowest BCUT2D eigenvalue weighted by molar-refractivity contribution is -0.0797. The minimum atomic E-state index is -4.71. The molecule has 0 fully saturated rings. The first-order valence-corrected chi connectivity index (χ1v) is 22.1. The minimum absolute atomic E-state index is 0.0000480. The topological polar surface area (TPSA) is 207 Å². The molecular weight excluding hydrogens is 735 g/mol. The molecule has 2 heterocycles. The van der Waals surface area contributed by atoms with E-state index in [2.05, 4.69) is 22.3 Å². The number of anilines is 1. The van der Waals surface area contributed by atoms with Crippen molar-refractivity contribution >= 4 is 19.2 Å². The lowest BCUT2D eigenvalue weighted by atomic mass is 10.0. The maximum atomic E-state index is 13.0. The minimum Gasteiger partial charge on any atom is -0.419 e. The molecule has 0 aliphatic heterocycles. The number of rotatable bonds is 33. The van der Waals surface area contributed by atoms with Gasteiger partial charge in [0.25, 0.3) is 6.26 Å². The van der Waals surface area contributed by atoms with E-state index < -0.39 is 38.8 Å². The zero-order valence-electron chi connectivity index (χ0n) is 33.6. The molecule has 0 aliphatic rings. The van der Waals surface area contributed by atoms with Gasteiger partial charge in [-0.2, -0.15) is 10.4 Å². The van der Waals surface area contributed by atoms with Gasteiger partial charge in [-0.15, -0.1) is 0 Å². The van der Waals surface area contributed by atoms with E-state index in [-0.39, 0.29) is 30.8 Å². The van der Waals surface area contributed by atoms with E-state index in [0.29, 0.717) is 12.1 Å². The monoisotopic (exact) mass is 802 g/mol. The van der Waals surface area contributed by atoms with Gasteiger partial charge in [0, 0.05) is 12.6 Å². The number of aliphatic hydroxyl groups is 2. The number of benzene rings is 1. The number of nitrogens with one attached hydrogen (secondary N) is 1. The Kier molecular flexibility index (Phi) is 23.2. The Labute approximate surface area is 333 Å². The van der Waals surface area contributed by atoms with Crippen LogP contribution in [0.25, 0.3) is 5.52 Å². The van der Waals surface area contributed by atoms with Gasteiger partial charge in [-0.25, -0.2) is 14.1 Å². The molecule has 0 saturated heterocycles. The van der Waals surface area contributed by atoms with Crippen molar-refractivity contribution in [3.05, 3.63) is 60.0 Å². The number of ether oxygens (including phenoxy) is 2. The van der Waals surface area contributed by atoms with Gasteiger partial charge in [0.05, 0.1) is 31.6 Å². The summed E-state index contributed by atoms with van der Waals surface area (Å²) in [5.41, 5.74) is 7.53. The van der Waals surface area contributed by atoms with Crippen molar-refractivity contribution in [2.24, 2.45) is 0 Å². The van der Waals surface area contributed by atoms with Crippen LogP contribution in [-0.2, 0) is 29.5 Å². The third kappa shape index (κ3) is 18.4. The highest BCUT2D eigenvalue weighted by molar-refractivity contribution is 7.47. The number of phosphoric ester groups is 1. The van der Waals surface area contributed by atoms with Gasteiger partial charge >= 0.3 is 7.82 Å². The molecular formula is C41H67N6O8P. The van der Waals surface area contributed by atoms with E-state index in [4.69, 9.17) is 24.3 Å². The zero-order valence-corrected chi connectivity index (χ0v) is 34.4. The summed E-state index contributed by atoms with van der Waals surface area (Å²) in [6.07, 6.45) is 19.2. The Morgan fingerprint density at radius 2 is 1.45 bits per heavy atom. The van der Waals surface area contributed by atoms with Crippen molar-refractivity contribution in [2.75, 3.05) is 32.2 Å². The van der Waals surface area contributed by atoms with E-state index in [1.54, 1.807) is 6.07 Å². The standard InChI is InChI=1S/C41H67N6O8P/c1-3-4-5-6-7-8-9-10-11-12-13-14-15-16-17-21-26-52-28-35(46-33(2)27-34-22-19-18-20-23-34)29-54-56(50,51)55-30-38(53-31-42)40(49)39(48)36-24-25-37-41(43)44-32-45-47(36)37/h18-20,22-25,32-33,35,38-40,46,48-49H,3-17,21,26-30H2,1-2H3,(H,50,51)(H2,43,44,45)/t33?,35-,38-,39+,40-/m1/s1. The van der Waals surface area contributed by atoms with Gasteiger partial charge in [-0.1, -0.05) is 134 Å². The molecule has 14 nitrogen and oxygen atoms in total. The van der Waals surface area contributed by atoms with Gasteiger partial charge in [0.15, 0.2) is 11.9 Å². The number of aromatic nitrogens is 3. The van der Waals surface area contributed by atoms with Crippen molar-refractivity contribution < 1.29 is 38.2 Å². The molecule has 3 rings (SSSR count). The second-order valence-corrected chi connectivity index (χ2v) is 16.2. The lowest BCUT2D eigenvalue weighted by Crippen LogP contribution is -2.43. The van der Waals surface area contributed by atoms with Crippen LogP contribution < -0.4 is 11.1 Å². The van der Waals surface area contributed by atoms with Gasteiger partial charge in [-0.3, -0.25) is 9.05 Å². The van der Waals surface area contributed by atoms with Crippen LogP contribution in [0, 0.1) is 11.5 Å². The van der Waals surface area contributed by atoms with Gasteiger partial charge < -0.3 is 35.6 Å². The van der Waals surface area contributed by atoms with Crippen molar-refractivity contribution in [3.8, 4) is 6.26 Å². The predicted octanol–water partition coefficient (Wildman–Crippen LogP) is 7.57. The Balaban J connectivity index is 1.40. The predicted molar refractivity (Wildman–Crippen MR) is 217 cm³/mol. The van der Waals surface area contributed by atoms with Crippen LogP contribution in [0.1, 0.15) is 134 Å². The molecule has 56 heavy (non-hydrogen) atoms. The Bertz CT molecular complexity index is 1560. The van der Waals surface area contributed by atoms with Crippen LogP contribution >= 0.6 is 7.82 Å². The summed E-state index contributed by atoms with van der Waals surface area (Å²) in [6, 6.07) is 12.6. The maximum absolute atomic E-state index is 13.0. The number of nitriles is 1. The summed E-state index contributed by atoms with van der Waals surface area (Å²) in [7, 11) is -4.71. The molecule has 6 atom stereocenters. The number of nitrogen functional groups attached to an aromatic ring is 1. The highest BCUT2D eigenvalue weighted by Crippen LogP contribution is 2.44. The number of hydrogen-bond acceptors (Lipinski definition) is 12. The van der Waals surface area contributed by atoms with E-state index in [1.165, 1.54) is 113 Å². The van der Waals surface area contributed by atoms with Gasteiger partial charge in [0.2, 0.25) is 0 Å². The summed E-state index contributed by atoms with van der Waals surface area (Å²) in [4.78, 5) is 14.5. The first-order chi connectivity index (χ1) is 27.1. The number of aliphatic hydroxyl groups excluding tert-OH is 2. The Morgan fingerprint density at radius 1 is 0.857 bits per heavy atom. The van der Waals surface area contributed by atoms with Crippen molar-refractivity contribution in [3.63, 3.8) is 0 Å². The number of fused-ring (bicyclic) bond motifs is 1. The van der Waals surface area contributed by atoms with E-state index in [9.17, 15) is 24.9 Å². The largest absolute Gasteiger partial charge is 0.472 e. The Hall–Kier alpha value is -3.12. The third-order valence-corrected chi connectivity index (χ3v) is 10.9. The number of hydrogen-bond donors (Lipinski definition) is 5. The zero-order chi connectivity index (χ0) is 40.4. The third-order valence-electron chi connectivity index (χ3n) is 9.93. The van der Waals surface area contributed by atoms with Gasteiger partial charge in [0.1, 0.15) is 24.1 Å². The molecule has 3 aromatic rings. The number of nitrogens with zero attached hydrogens (tertiary/aromatic N) is 4. The smallest absolute Gasteiger partial charge is 0.419 e. The molecule has 0 bridgehead atoms. The maximum Gasteiger partial charge on any atom is 0.472 e. The number of phosphoric acid groups is 1. The summed E-state index contributed by atoms with van der Waals surface area (Å²) < 4.78 is 35.7. The molecule has 0 saturated carbocycles. The Morgan fingerprint density at radius 3 is 2.05 bits per heavy atom. The number of unbranched alkanes of at least 4 members (excludes halogenated alkanes) is 15. The average molecular weight is 803 g/mol. The normalized spacial score (nSPS) is 15.5. The quantitative estimate of drug-likeness (QED) is 0.0229. The lowest BCUT2D eigenvalue weighted by Gasteiger charge is -2.26. The molecule has 6 N–H and O–H groups in total. The second-order valence-electron chi connectivity index (χ2n) is 14.8. The molecule has 2 aromatic heterocycles. The van der Waals surface area contributed by atoms with E-state index in [1.807, 2.05) is 37.3 Å². The highest BCUT2D eigenvalue weighted by atomic mass is 31.2. The van der Waals surface area contributed by atoms with E-state index in [0.717, 1.165) is 24.8 Å². The first kappa shape index (κ1) is 47.3. The number of nitrogens with two attached hydrogens (primary N) is 1. The van der Waals surface area contributed by atoms with Crippen molar-refractivity contribution in [1.29, 1.82) is 5.26 Å². The molecule has 1 aromatic carbocycles. The van der Waals surface area contributed by atoms with E-state index >= 15 is 0 Å². The van der Waals surface area contributed by atoms with Gasteiger partial charge in [-0.05, 0) is 37.5 Å². The fourth-order valence-electron chi connectivity index (χ4n) is 6.79. The fourth-order valence-corrected chi connectivity index (χ4v) is 7.56. The molecule has 15 heteroatoms. The summed E-state index contributed by atoms with van der Waals surface area (Å²) in [6.45, 7) is 4.16. The van der Waals surface area contributed by atoms with Crippen LogP contribution in [0.15, 0.2) is 48.8 Å². The second kappa shape index (κ2) is 27.5. The summed E-state index contributed by atoms with van der Waals surface area (Å²) in [5.74, 6) is 0.160. The summed E-state index contributed by atoms with van der Waals surface area (Å²) >= 11 is 0. The van der Waals surface area contributed by atoms with Crippen LogP contribution in [0.2, 0.25) is 0 Å². The van der Waals surface area contributed by atoms with Crippen molar-refractivity contribution in [1.82, 2.24) is 19.9 Å². The van der Waals surface area contributed by atoms with Crippen LogP contribution in [0.3, 0.4) is 0 Å². The molecule has 0 spiro atoms. The highest BCUT2D eigenvalue weighted by Gasteiger charge is 2.35. The SMILES string of the molecule is CCCCCCCCCCCCCCCCCCOC[C@H](COP(=O)(O)OC[C@@H](OC#N)[C@@H](O)[C@@H](O)c1ccc2c(N)ncnn12)NC(C)Cc1ccccc1. The molecule has 0 aliphatic carbocycles. The molecule has 314 valence electrons. The average Bonchev–Trinajstić information content (AvgIpc) is 3.63. The van der Waals surface area contributed by atoms with Crippen LogP contribution in [0.4, 0.5) is 5.82 Å². The molecule has 2 unspecified atom stereocenters. The van der Waals surface area contributed by atoms with Crippen LogP contribution in [-0.4, -0.2) is 80.4 Å². The fraction of sp³-hybridized carbons (Fsp3) is 0.683. The van der Waals surface area contributed by atoms with Crippen molar-refractivity contribution in [2.45, 2.75) is 153 Å². The molecule has 0 radical (unpaired) electrons. The van der Waals surface area contributed by atoms with Crippen LogP contribution in [0.5, 0.6) is 0 Å². The first-order valence-electron chi connectivity index (χ1n) is 20.6.